The van der Waals surface area contributed by atoms with Gasteiger partial charge in [-0.05, 0) is 68.7 Å². The standard InChI is InChI=1S/C34H17BOS/c1-2-8-19-18(7-1)17-22-20-9-3-13-25-30(20)32-23(11-5-14-26(32)36-25)35-24-12-6-16-28-33(24)31-21(29(19)34(22)35)10-4-15-27(31)37-28/h1-17H. The van der Waals surface area contributed by atoms with Crippen LogP contribution in [0.4, 0.5) is 0 Å². The van der Waals surface area contributed by atoms with Gasteiger partial charge in [0.15, 0.2) is 0 Å². The highest BCUT2D eigenvalue weighted by atomic mass is 32.1. The van der Waals surface area contributed by atoms with Crippen LogP contribution in [0.2, 0.25) is 0 Å². The molecule has 10 rings (SSSR count). The molecule has 0 N–H and O–H groups in total. The van der Waals surface area contributed by atoms with Gasteiger partial charge in [0, 0.05) is 25.6 Å². The first-order chi connectivity index (χ1) is 18.4. The van der Waals surface area contributed by atoms with Crippen molar-refractivity contribution in [3.05, 3.63) is 103 Å². The lowest BCUT2D eigenvalue weighted by Gasteiger charge is -2.22. The number of fused-ring (bicyclic) bond motifs is 6. The van der Waals surface area contributed by atoms with Crippen LogP contribution in [0, 0.1) is 0 Å². The van der Waals surface area contributed by atoms with Gasteiger partial charge >= 0.3 is 0 Å². The summed E-state index contributed by atoms with van der Waals surface area (Å²) in [5, 5.41) is 7.94. The number of thiophene rings is 1. The molecule has 0 spiro atoms. The molecular formula is C34H17BOS. The topological polar surface area (TPSA) is 13.1 Å². The van der Waals surface area contributed by atoms with E-state index in [1.807, 2.05) is 11.3 Å². The summed E-state index contributed by atoms with van der Waals surface area (Å²) < 4.78 is 9.19. The van der Waals surface area contributed by atoms with E-state index in [4.69, 9.17) is 4.42 Å². The average molecular weight is 484 g/mol. The third-order valence-electron chi connectivity index (χ3n) is 8.67. The second-order valence-electron chi connectivity index (χ2n) is 10.4. The molecule has 3 heteroatoms. The van der Waals surface area contributed by atoms with Crippen LogP contribution < -0.4 is 16.4 Å². The van der Waals surface area contributed by atoms with E-state index < -0.39 is 0 Å². The van der Waals surface area contributed by atoms with Crippen molar-refractivity contribution in [2.45, 2.75) is 0 Å². The van der Waals surface area contributed by atoms with E-state index in [9.17, 15) is 0 Å². The van der Waals surface area contributed by atoms with Crippen molar-refractivity contribution < 1.29 is 4.42 Å². The predicted molar refractivity (Wildman–Crippen MR) is 160 cm³/mol. The van der Waals surface area contributed by atoms with Gasteiger partial charge in [0.1, 0.15) is 11.2 Å². The minimum Gasteiger partial charge on any atom is -0.456 e. The number of hydrogen-bond donors (Lipinski definition) is 0. The molecule has 4 heterocycles. The summed E-state index contributed by atoms with van der Waals surface area (Å²) in [6, 6.07) is 38.4. The van der Waals surface area contributed by atoms with Gasteiger partial charge in [0.2, 0.25) is 6.71 Å². The molecule has 0 saturated heterocycles. The van der Waals surface area contributed by atoms with Crippen molar-refractivity contribution in [3.63, 3.8) is 0 Å². The summed E-state index contributed by atoms with van der Waals surface area (Å²) in [6.07, 6.45) is 0. The fourth-order valence-corrected chi connectivity index (χ4v) is 8.52. The lowest BCUT2D eigenvalue weighted by molar-refractivity contribution is 0.669. The molecule has 8 aromatic rings. The molecule has 0 amide bonds. The van der Waals surface area contributed by atoms with Crippen LogP contribution in [0.1, 0.15) is 0 Å². The first-order valence-corrected chi connectivity index (χ1v) is 13.6. The van der Waals surface area contributed by atoms with Crippen molar-refractivity contribution in [1.29, 1.82) is 0 Å². The van der Waals surface area contributed by atoms with Gasteiger partial charge in [-0.2, -0.15) is 0 Å². The zero-order chi connectivity index (χ0) is 23.8. The number of benzene rings is 6. The highest BCUT2D eigenvalue weighted by Gasteiger charge is 2.38. The van der Waals surface area contributed by atoms with E-state index in [0.29, 0.717) is 0 Å². The molecule has 37 heavy (non-hydrogen) atoms. The number of hydrogen-bond acceptors (Lipinski definition) is 2. The largest absolute Gasteiger partial charge is 0.456 e. The van der Waals surface area contributed by atoms with Crippen LogP contribution in [0.15, 0.2) is 108 Å². The zero-order valence-electron chi connectivity index (χ0n) is 19.7. The van der Waals surface area contributed by atoms with Crippen molar-refractivity contribution in [1.82, 2.24) is 0 Å². The maximum absolute atomic E-state index is 6.46. The monoisotopic (exact) mass is 484 g/mol. The molecule has 0 saturated carbocycles. The van der Waals surface area contributed by atoms with E-state index in [-0.39, 0.29) is 6.71 Å². The second kappa shape index (κ2) is 6.32. The molecule has 168 valence electrons. The molecule has 6 aromatic carbocycles. The molecule has 0 fully saturated rings. The Morgan fingerprint density at radius 1 is 0.541 bits per heavy atom. The third kappa shape index (κ3) is 2.12. The van der Waals surface area contributed by atoms with E-state index in [1.165, 1.54) is 80.4 Å². The molecule has 0 unspecified atom stereocenters. The Bertz CT molecular complexity index is 2310. The first kappa shape index (κ1) is 18.9. The molecule has 0 bridgehead atoms. The molecule has 2 aromatic heterocycles. The third-order valence-corrected chi connectivity index (χ3v) is 9.79. The Balaban J connectivity index is 1.59. The zero-order valence-corrected chi connectivity index (χ0v) is 20.5. The van der Waals surface area contributed by atoms with E-state index in [1.54, 1.807) is 0 Å². The highest BCUT2D eigenvalue weighted by Crippen LogP contribution is 2.46. The Labute approximate surface area is 216 Å². The lowest BCUT2D eigenvalue weighted by Crippen LogP contribution is -2.53. The van der Waals surface area contributed by atoms with Crippen LogP contribution in [-0.2, 0) is 0 Å². The van der Waals surface area contributed by atoms with Gasteiger partial charge < -0.3 is 4.42 Å². The smallest absolute Gasteiger partial charge is 0.244 e. The minimum atomic E-state index is 0.111. The number of rotatable bonds is 0. The Hall–Kier alpha value is -4.34. The SMILES string of the molecule is c1ccc2c3c4c(cc2c1)-c1cccc2oc5cccc(c5c12)B4c1cccc2sc4cccc-3c4c12. The average Bonchev–Trinajstić information content (AvgIpc) is 3.44. The summed E-state index contributed by atoms with van der Waals surface area (Å²) in [5.41, 5.74) is 11.5. The van der Waals surface area contributed by atoms with E-state index in [2.05, 4.69) is 103 Å². The predicted octanol–water partition coefficient (Wildman–Crippen LogP) is 7.58. The van der Waals surface area contributed by atoms with E-state index >= 15 is 0 Å². The molecular weight excluding hydrogens is 467 g/mol. The fraction of sp³-hybridized carbons (Fsp3) is 0. The van der Waals surface area contributed by atoms with Gasteiger partial charge in [0.25, 0.3) is 0 Å². The Kier molecular flexibility index (Phi) is 3.22. The highest BCUT2D eigenvalue weighted by molar-refractivity contribution is 7.26. The number of furan rings is 1. The Morgan fingerprint density at radius 3 is 2.16 bits per heavy atom. The summed E-state index contributed by atoms with van der Waals surface area (Å²) in [5.74, 6) is 0. The van der Waals surface area contributed by atoms with Gasteiger partial charge in [-0.1, -0.05) is 89.2 Å². The maximum Gasteiger partial charge on any atom is 0.244 e. The molecule has 0 radical (unpaired) electrons. The van der Waals surface area contributed by atoms with Gasteiger partial charge in [0.05, 0.1) is 0 Å². The summed E-state index contributed by atoms with van der Waals surface area (Å²) in [4.78, 5) is 0. The quantitative estimate of drug-likeness (QED) is 0.202. The van der Waals surface area contributed by atoms with Crippen LogP contribution in [0.3, 0.4) is 0 Å². The van der Waals surface area contributed by atoms with Crippen LogP contribution in [0.25, 0.3) is 75.1 Å². The van der Waals surface area contributed by atoms with Crippen molar-refractivity contribution in [2.24, 2.45) is 0 Å². The summed E-state index contributed by atoms with van der Waals surface area (Å²) in [7, 11) is 0. The second-order valence-corrected chi connectivity index (χ2v) is 11.5. The van der Waals surface area contributed by atoms with Crippen molar-refractivity contribution >= 4 is 87.3 Å². The first-order valence-electron chi connectivity index (χ1n) is 12.8. The lowest BCUT2D eigenvalue weighted by atomic mass is 9.35. The summed E-state index contributed by atoms with van der Waals surface area (Å²) >= 11 is 1.92. The Morgan fingerprint density at radius 2 is 1.24 bits per heavy atom. The molecule has 1 nitrogen and oxygen atoms in total. The fourth-order valence-electron chi connectivity index (χ4n) is 7.36. The van der Waals surface area contributed by atoms with Crippen molar-refractivity contribution in [3.8, 4) is 22.3 Å². The van der Waals surface area contributed by atoms with Crippen molar-refractivity contribution in [2.75, 3.05) is 0 Å². The molecule has 0 aliphatic carbocycles. The maximum atomic E-state index is 6.46. The molecule has 0 atom stereocenters. The van der Waals surface area contributed by atoms with Crippen LogP contribution in [0.5, 0.6) is 0 Å². The normalized spacial score (nSPS) is 13.4. The van der Waals surface area contributed by atoms with E-state index in [0.717, 1.165) is 11.2 Å². The van der Waals surface area contributed by atoms with Crippen LogP contribution >= 0.6 is 11.3 Å². The summed E-state index contributed by atoms with van der Waals surface area (Å²) in [6.45, 7) is 0.111. The van der Waals surface area contributed by atoms with Gasteiger partial charge in [-0.15, -0.1) is 11.3 Å². The van der Waals surface area contributed by atoms with Crippen LogP contribution in [-0.4, -0.2) is 6.71 Å². The molecule has 2 aliphatic heterocycles. The van der Waals surface area contributed by atoms with Gasteiger partial charge in [-0.3, -0.25) is 0 Å². The van der Waals surface area contributed by atoms with Gasteiger partial charge in [-0.25, -0.2) is 0 Å². The molecule has 2 aliphatic rings. The minimum absolute atomic E-state index is 0.111.